The van der Waals surface area contributed by atoms with E-state index in [1.54, 1.807) is 18.1 Å². The Kier molecular flexibility index (Phi) is 4.94. The summed E-state index contributed by atoms with van der Waals surface area (Å²) in [6.07, 6.45) is 2.68. The molecule has 2 aliphatic heterocycles. The second kappa shape index (κ2) is 7.29. The number of likely N-dealkylation sites (N-methyl/N-ethyl adjacent to an activating group) is 1. The number of carboxylic acid groups (broad SMARTS) is 1. The molecule has 4 rings (SSSR count). The zero-order valence-corrected chi connectivity index (χ0v) is 16.5. The van der Waals surface area contributed by atoms with E-state index in [1.807, 2.05) is 23.1 Å². The van der Waals surface area contributed by atoms with Crippen LogP contribution in [-0.2, 0) is 14.4 Å². The van der Waals surface area contributed by atoms with E-state index in [9.17, 15) is 19.5 Å². The van der Waals surface area contributed by atoms with Crippen molar-refractivity contribution in [3.8, 4) is 0 Å². The lowest BCUT2D eigenvalue weighted by Gasteiger charge is -2.44. The van der Waals surface area contributed by atoms with Gasteiger partial charge in [-0.05, 0) is 37.4 Å². The zero-order valence-electron chi connectivity index (χ0n) is 16.5. The maximum absolute atomic E-state index is 13.3. The molecule has 1 aromatic rings. The van der Waals surface area contributed by atoms with Gasteiger partial charge in [-0.25, -0.2) is 4.98 Å². The van der Waals surface area contributed by atoms with E-state index in [4.69, 9.17) is 5.73 Å². The first kappa shape index (κ1) is 19.6. The number of likely N-dealkylation sites (tertiary alicyclic amines) is 1. The number of piperidine rings is 1. The number of carbonyl (C=O) groups excluding carboxylic acids is 2. The molecular formula is C20H27N5O4. The molecule has 3 aliphatic rings. The maximum Gasteiger partial charge on any atom is 0.308 e. The third-order valence-electron chi connectivity index (χ3n) is 6.71. The van der Waals surface area contributed by atoms with E-state index in [0.29, 0.717) is 45.6 Å². The number of rotatable bonds is 4. The van der Waals surface area contributed by atoms with Crippen LogP contribution in [0, 0.1) is 17.3 Å². The van der Waals surface area contributed by atoms with Crippen molar-refractivity contribution in [2.45, 2.75) is 18.9 Å². The van der Waals surface area contributed by atoms with Crippen LogP contribution in [0.1, 0.15) is 12.8 Å². The predicted molar refractivity (Wildman–Crippen MR) is 105 cm³/mol. The average Bonchev–Trinajstić information content (AvgIpc) is 3.41. The highest BCUT2D eigenvalue weighted by Gasteiger charge is 2.63. The lowest BCUT2D eigenvalue weighted by Crippen LogP contribution is -2.61. The summed E-state index contributed by atoms with van der Waals surface area (Å²) in [5.41, 5.74) is 5.06. The Hall–Kier alpha value is -2.68. The van der Waals surface area contributed by atoms with Gasteiger partial charge in [0.2, 0.25) is 11.8 Å². The van der Waals surface area contributed by atoms with Gasteiger partial charge in [-0.15, -0.1) is 0 Å². The van der Waals surface area contributed by atoms with Crippen molar-refractivity contribution >= 4 is 23.6 Å². The Morgan fingerprint density at radius 3 is 2.45 bits per heavy atom. The highest BCUT2D eigenvalue weighted by atomic mass is 16.4. The monoisotopic (exact) mass is 401 g/mol. The Labute approximate surface area is 169 Å². The van der Waals surface area contributed by atoms with Gasteiger partial charge >= 0.3 is 5.97 Å². The topological polar surface area (TPSA) is 120 Å². The number of primary amides is 1. The molecule has 2 amide bonds. The number of aromatic nitrogens is 1. The van der Waals surface area contributed by atoms with Crippen LogP contribution in [0.15, 0.2) is 24.4 Å². The Balaban J connectivity index is 1.44. The number of anilines is 1. The first-order chi connectivity index (χ1) is 13.8. The minimum Gasteiger partial charge on any atom is -0.481 e. The number of carbonyl (C=O) groups is 3. The highest BCUT2D eigenvalue weighted by Crippen LogP contribution is 2.59. The van der Waals surface area contributed by atoms with Crippen LogP contribution in [0.25, 0.3) is 0 Å². The Morgan fingerprint density at radius 2 is 1.90 bits per heavy atom. The number of nitrogens with two attached hydrogens (primary N) is 1. The fourth-order valence-corrected chi connectivity index (χ4v) is 5.13. The van der Waals surface area contributed by atoms with Gasteiger partial charge in [-0.1, -0.05) is 6.07 Å². The van der Waals surface area contributed by atoms with Crippen molar-refractivity contribution < 1.29 is 19.5 Å². The molecule has 29 heavy (non-hydrogen) atoms. The fraction of sp³-hybridized carbons (Fsp3) is 0.600. The number of hydrogen-bond donors (Lipinski definition) is 2. The smallest absolute Gasteiger partial charge is 0.308 e. The number of pyridine rings is 1. The molecule has 9 heteroatoms. The molecule has 0 aromatic carbocycles. The summed E-state index contributed by atoms with van der Waals surface area (Å²) in [5.74, 6) is -1.75. The van der Waals surface area contributed by atoms with Crippen molar-refractivity contribution in [2.24, 2.45) is 23.0 Å². The quantitative estimate of drug-likeness (QED) is 0.706. The summed E-state index contributed by atoms with van der Waals surface area (Å²) in [7, 11) is 1.78. The molecule has 4 atom stereocenters. The number of aliphatic carboxylic acids is 1. The largest absolute Gasteiger partial charge is 0.481 e. The van der Waals surface area contributed by atoms with E-state index in [1.165, 1.54) is 0 Å². The number of piperazine rings is 1. The number of nitrogens with zero attached hydrogens (tertiary/aromatic N) is 4. The molecule has 1 saturated carbocycles. The van der Waals surface area contributed by atoms with E-state index in [2.05, 4.69) is 9.88 Å². The van der Waals surface area contributed by atoms with Gasteiger partial charge in [-0.3, -0.25) is 19.3 Å². The van der Waals surface area contributed by atoms with Crippen LogP contribution in [0.4, 0.5) is 5.82 Å². The molecule has 3 N–H and O–H groups in total. The molecule has 156 valence electrons. The molecule has 9 nitrogen and oxygen atoms in total. The zero-order chi connectivity index (χ0) is 20.8. The van der Waals surface area contributed by atoms with Crippen LogP contribution in [-0.4, -0.2) is 83.5 Å². The molecule has 0 bridgehead atoms. The van der Waals surface area contributed by atoms with Gasteiger partial charge in [0.15, 0.2) is 0 Å². The predicted octanol–water partition coefficient (Wildman–Crippen LogP) is -0.373. The second-order valence-electron chi connectivity index (χ2n) is 8.53. The third kappa shape index (κ3) is 3.55. The number of carboxylic acids is 1. The second-order valence-corrected chi connectivity index (χ2v) is 8.53. The molecule has 1 aliphatic carbocycles. The lowest BCUT2D eigenvalue weighted by atomic mass is 9.79. The van der Waals surface area contributed by atoms with Crippen molar-refractivity contribution in [3.05, 3.63) is 24.4 Å². The van der Waals surface area contributed by atoms with Crippen LogP contribution in [0.5, 0.6) is 0 Å². The molecule has 2 saturated heterocycles. The SMILES string of the molecule is CN1CC2(CC(C(=O)O)C1C(=O)N1CCN(c3ccccn3)CC1)CC2C(N)=O. The summed E-state index contributed by atoms with van der Waals surface area (Å²) in [6.45, 7) is 2.90. The minimum absolute atomic E-state index is 0.147. The standard InChI is InChI=1S/C20H27N5O4/c1-23-12-20(11-14(20)17(21)26)10-13(19(28)29)16(23)18(27)25-8-6-24(7-9-25)15-4-2-3-5-22-15/h2-5,13-14,16H,6-12H2,1H3,(H2,21,26)(H,28,29). The minimum atomic E-state index is -0.989. The van der Waals surface area contributed by atoms with Gasteiger partial charge in [-0.2, -0.15) is 0 Å². The van der Waals surface area contributed by atoms with Crippen molar-refractivity contribution in [3.63, 3.8) is 0 Å². The van der Waals surface area contributed by atoms with Gasteiger partial charge in [0.1, 0.15) is 11.9 Å². The summed E-state index contributed by atoms with van der Waals surface area (Å²) >= 11 is 0. The summed E-state index contributed by atoms with van der Waals surface area (Å²) < 4.78 is 0. The van der Waals surface area contributed by atoms with Gasteiger partial charge in [0.25, 0.3) is 0 Å². The molecule has 0 radical (unpaired) electrons. The molecule has 1 aromatic heterocycles. The third-order valence-corrected chi connectivity index (χ3v) is 6.71. The van der Waals surface area contributed by atoms with E-state index in [-0.39, 0.29) is 17.7 Å². The van der Waals surface area contributed by atoms with Crippen LogP contribution in [0.3, 0.4) is 0 Å². The average molecular weight is 401 g/mol. The highest BCUT2D eigenvalue weighted by molar-refractivity contribution is 5.89. The molecule has 4 unspecified atom stereocenters. The number of hydrogen-bond acceptors (Lipinski definition) is 6. The van der Waals surface area contributed by atoms with Crippen molar-refractivity contribution in [1.82, 2.24) is 14.8 Å². The Morgan fingerprint density at radius 1 is 1.17 bits per heavy atom. The number of amides is 2. The van der Waals surface area contributed by atoms with Crippen LogP contribution in [0.2, 0.25) is 0 Å². The van der Waals surface area contributed by atoms with Gasteiger partial charge in [0, 0.05) is 44.8 Å². The van der Waals surface area contributed by atoms with E-state index in [0.717, 1.165) is 5.82 Å². The van der Waals surface area contributed by atoms with Crippen molar-refractivity contribution in [2.75, 3.05) is 44.7 Å². The van der Waals surface area contributed by atoms with Crippen LogP contribution >= 0.6 is 0 Å². The first-order valence-electron chi connectivity index (χ1n) is 9.99. The van der Waals surface area contributed by atoms with Gasteiger partial charge in [0.05, 0.1) is 5.92 Å². The summed E-state index contributed by atoms with van der Waals surface area (Å²) in [6, 6.07) is 5.02. The molecule has 3 heterocycles. The van der Waals surface area contributed by atoms with E-state index < -0.39 is 23.3 Å². The lowest BCUT2D eigenvalue weighted by molar-refractivity contribution is -0.156. The van der Waals surface area contributed by atoms with E-state index >= 15 is 0 Å². The molecule has 3 fully saturated rings. The summed E-state index contributed by atoms with van der Waals surface area (Å²) in [5, 5.41) is 9.82. The maximum atomic E-state index is 13.3. The van der Waals surface area contributed by atoms with Crippen LogP contribution < -0.4 is 10.6 Å². The normalized spacial score (nSPS) is 32.2. The molecular weight excluding hydrogens is 374 g/mol. The Bertz CT molecular complexity index is 810. The first-order valence-corrected chi connectivity index (χ1v) is 9.99. The fourth-order valence-electron chi connectivity index (χ4n) is 5.13. The summed E-state index contributed by atoms with van der Waals surface area (Å²) in [4.78, 5) is 46.9. The van der Waals surface area contributed by atoms with Crippen molar-refractivity contribution in [1.29, 1.82) is 0 Å². The van der Waals surface area contributed by atoms with Gasteiger partial charge < -0.3 is 20.6 Å². The molecule has 1 spiro atoms.